The third-order valence-electron chi connectivity index (χ3n) is 2.95. The van der Waals surface area contributed by atoms with Crippen molar-refractivity contribution in [2.75, 3.05) is 24.3 Å². The molecule has 5 heteroatoms. The molecule has 0 aliphatic carbocycles. The van der Waals surface area contributed by atoms with E-state index in [1.54, 1.807) is 0 Å². The minimum atomic E-state index is 0.594. The lowest BCUT2D eigenvalue weighted by Gasteiger charge is -2.14. The first-order valence-electron chi connectivity index (χ1n) is 7.03. The van der Waals surface area contributed by atoms with Crippen LogP contribution in [0.5, 0.6) is 11.5 Å². The summed E-state index contributed by atoms with van der Waals surface area (Å²) in [6, 6.07) is 9.35. The molecular formula is C16H21N3O2. The summed E-state index contributed by atoms with van der Waals surface area (Å²) in [6.07, 6.45) is 0. The molecule has 0 bridgehead atoms. The van der Waals surface area contributed by atoms with E-state index in [4.69, 9.17) is 15.2 Å². The number of nitrogens with two attached hydrogens (primary N) is 1. The molecule has 1 heterocycles. The second-order valence-electron chi connectivity index (χ2n) is 4.52. The van der Waals surface area contributed by atoms with Gasteiger partial charge in [0.25, 0.3) is 0 Å². The summed E-state index contributed by atoms with van der Waals surface area (Å²) in [7, 11) is 0. The molecule has 5 nitrogen and oxygen atoms in total. The number of nitrogens with one attached hydrogen (secondary N) is 1. The normalized spacial score (nSPS) is 10.2. The molecule has 0 amide bonds. The van der Waals surface area contributed by atoms with Gasteiger partial charge in [-0.25, -0.2) is 4.98 Å². The van der Waals surface area contributed by atoms with Crippen molar-refractivity contribution in [3.8, 4) is 11.5 Å². The Kier molecular flexibility index (Phi) is 4.87. The summed E-state index contributed by atoms with van der Waals surface area (Å²) in [5.41, 5.74) is 8.07. The Hall–Kier alpha value is -2.43. The van der Waals surface area contributed by atoms with Crippen LogP contribution in [0.25, 0.3) is 0 Å². The standard InChI is InChI=1S/C16H21N3O2/c1-4-20-12-6-8-15(21-5-2)14(10-12)19-16-9-7-13(17)11(3)18-16/h6-10H,4-5,17H2,1-3H3,(H,18,19). The SMILES string of the molecule is CCOc1ccc(OCC)c(Nc2ccc(N)c(C)n2)c1. The van der Waals surface area contributed by atoms with Crippen molar-refractivity contribution in [3.05, 3.63) is 36.0 Å². The Balaban J connectivity index is 2.30. The Bertz CT molecular complexity index is 614. The molecule has 0 atom stereocenters. The number of ether oxygens (including phenoxy) is 2. The number of benzene rings is 1. The number of nitrogens with zero attached hydrogens (tertiary/aromatic N) is 1. The Morgan fingerprint density at radius 3 is 2.52 bits per heavy atom. The van der Waals surface area contributed by atoms with E-state index >= 15 is 0 Å². The van der Waals surface area contributed by atoms with E-state index < -0.39 is 0 Å². The molecule has 0 aliphatic rings. The molecule has 3 N–H and O–H groups in total. The Morgan fingerprint density at radius 2 is 1.86 bits per heavy atom. The molecule has 0 spiro atoms. The zero-order chi connectivity index (χ0) is 15.2. The van der Waals surface area contributed by atoms with Crippen molar-refractivity contribution in [3.63, 3.8) is 0 Å². The zero-order valence-electron chi connectivity index (χ0n) is 12.6. The van der Waals surface area contributed by atoms with Crippen LogP contribution in [-0.4, -0.2) is 18.2 Å². The highest BCUT2D eigenvalue weighted by Crippen LogP contribution is 2.31. The number of hydrogen-bond donors (Lipinski definition) is 2. The van der Waals surface area contributed by atoms with Crippen LogP contribution >= 0.6 is 0 Å². The molecule has 0 saturated heterocycles. The van der Waals surface area contributed by atoms with Gasteiger partial charge in [-0.15, -0.1) is 0 Å². The number of pyridine rings is 1. The minimum Gasteiger partial charge on any atom is -0.494 e. The highest BCUT2D eigenvalue weighted by Gasteiger charge is 2.08. The number of aromatic nitrogens is 1. The van der Waals surface area contributed by atoms with Crippen molar-refractivity contribution in [2.45, 2.75) is 20.8 Å². The van der Waals surface area contributed by atoms with Gasteiger partial charge < -0.3 is 20.5 Å². The number of rotatable bonds is 6. The average molecular weight is 287 g/mol. The largest absolute Gasteiger partial charge is 0.494 e. The third-order valence-corrected chi connectivity index (χ3v) is 2.95. The highest BCUT2D eigenvalue weighted by molar-refractivity contribution is 5.67. The first-order valence-corrected chi connectivity index (χ1v) is 7.03. The van der Waals surface area contributed by atoms with Gasteiger partial charge >= 0.3 is 0 Å². The van der Waals surface area contributed by atoms with E-state index in [0.29, 0.717) is 18.9 Å². The molecule has 2 rings (SSSR count). The van der Waals surface area contributed by atoms with Crippen molar-refractivity contribution in [1.82, 2.24) is 4.98 Å². The van der Waals surface area contributed by atoms with Crippen LogP contribution < -0.4 is 20.5 Å². The third kappa shape index (κ3) is 3.78. The van der Waals surface area contributed by atoms with Gasteiger partial charge in [-0.1, -0.05) is 0 Å². The second kappa shape index (κ2) is 6.83. The van der Waals surface area contributed by atoms with E-state index in [1.165, 1.54) is 0 Å². The number of aryl methyl sites for hydroxylation is 1. The molecule has 2 aromatic rings. The van der Waals surface area contributed by atoms with Crippen molar-refractivity contribution < 1.29 is 9.47 Å². The lowest BCUT2D eigenvalue weighted by molar-refractivity contribution is 0.332. The van der Waals surface area contributed by atoms with Gasteiger partial charge in [-0.3, -0.25) is 0 Å². The predicted octanol–water partition coefficient (Wildman–Crippen LogP) is 3.51. The van der Waals surface area contributed by atoms with Crippen LogP contribution in [0.2, 0.25) is 0 Å². The van der Waals surface area contributed by atoms with E-state index in [0.717, 1.165) is 28.7 Å². The average Bonchev–Trinajstić information content (AvgIpc) is 2.46. The topological polar surface area (TPSA) is 69.4 Å². The van der Waals surface area contributed by atoms with Gasteiger partial charge in [-0.05, 0) is 45.0 Å². The van der Waals surface area contributed by atoms with Crippen LogP contribution in [0.1, 0.15) is 19.5 Å². The maximum Gasteiger partial charge on any atom is 0.143 e. The first-order chi connectivity index (χ1) is 10.1. The molecular weight excluding hydrogens is 266 g/mol. The molecule has 0 saturated carbocycles. The minimum absolute atomic E-state index is 0.594. The second-order valence-corrected chi connectivity index (χ2v) is 4.52. The number of anilines is 3. The van der Waals surface area contributed by atoms with Crippen LogP contribution in [0.3, 0.4) is 0 Å². The summed E-state index contributed by atoms with van der Waals surface area (Å²) in [5.74, 6) is 2.27. The molecule has 0 unspecified atom stereocenters. The highest BCUT2D eigenvalue weighted by atomic mass is 16.5. The molecule has 1 aromatic heterocycles. The van der Waals surface area contributed by atoms with Gasteiger partial charge in [0, 0.05) is 6.07 Å². The maximum absolute atomic E-state index is 5.79. The summed E-state index contributed by atoms with van der Waals surface area (Å²) in [5, 5.41) is 3.25. The first kappa shape index (κ1) is 15.0. The van der Waals surface area contributed by atoms with Crippen LogP contribution in [0, 0.1) is 6.92 Å². The summed E-state index contributed by atoms with van der Waals surface area (Å²) >= 11 is 0. The molecule has 1 aromatic carbocycles. The molecule has 0 radical (unpaired) electrons. The van der Waals surface area contributed by atoms with Gasteiger partial charge in [0.15, 0.2) is 0 Å². The van der Waals surface area contributed by atoms with Crippen molar-refractivity contribution in [1.29, 1.82) is 0 Å². The van der Waals surface area contributed by atoms with Crippen molar-refractivity contribution >= 4 is 17.2 Å². The van der Waals surface area contributed by atoms with Gasteiger partial charge in [0.2, 0.25) is 0 Å². The maximum atomic E-state index is 5.79. The monoisotopic (exact) mass is 287 g/mol. The Labute approximate surface area is 125 Å². The zero-order valence-corrected chi connectivity index (χ0v) is 12.6. The van der Waals surface area contributed by atoms with E-state index in [1.807, 2.05) is 51.1 Å². The van der Waals surface area contributed by atoms with E-state index in [9.17, 15) is 0 Å². The predicted molar refractivity (Wildman–Crippen MR) is 85.4 cm³/mol. The molecule has 0 fully saturated rings. The van der Waals surface area contributed by atoms with Crippen LogP contribution in [0.4, 0.5) is 17.2 Å². The summed E-state index contributed by atoms with van der Waals surface area (Å²) < 4.78 is 11.2. The molecule has 112 valence electrons. The Morgan fingerprint density at radius 1 is 1.10 bits per heavy atom. The number of hydrogen-bond acceptors (Lipinski definition) is 5. The van der Waals surface area contributed by atoms with Gasteiger partial charge in [0.05, 0.1) is 30.3 Å². The van der Waals surface area contributed by atoms with Gasteiger partial charge in [-0.2, -0.15) is 0 Å². The van der Waals surface area contributed by atoms with Gasteiger partial charge in [0.1, 0.15) is 17.3 Å². The fourth-order valence-corrected chi connectivity index (χ4v) is 1.92. The molecule has 0 aliphatic heterocycles. The van der Waals surface area contributed by atoms with Crippen LogP contribution in [-0.2, 0) is 0 Å². The lowest BCUT2D eigenvalue weighted by Crippen LogP contribution is -2.02. The quantitative estimate of drug-likeness (QED) is 0.850. The lowest BCUT2D eigenvalue weighted by atomic mass is 10.2. The summed E-state index contributed by atoms with van der Waals surface area (Å²) in [4.78, 5) is 4.41. The molecule has 21 heavy (non-hydrogen) atoms. The van der Waals surface area contributed by atoms with Crippen molar-refractivity contribution in [2.24, 2.45) is 0 Å². The van der Waals surface area contributed by atoms with E-state index in [2.05, 4.69) is 10.3 Å². The fourth-order valence-electron chi connectivity index (χ4n) is 1.92. The number of nitrogen functional groups attached to an aromatic ring is 1. The smallest absolute Gasteiger partial charge is 0.143 e. The fraction of sp³-hybridized carbons (Fsp3) is 0.312. The van der Waals surface area contributed by atoms with Crippen LogP contribution in [0.15, 0.2) is 30.3 Å². The summed E-state index contributed by atoms with van der Waals surface area (Å²) in [6.45, 7) is 6.99. The van der Waals surface area contributed by atoms with E-state index in [-0.39, 0.29) is 0 Å².